The molecule has 1 radical (unpaired) electrons. The molecule has 9 heavy (non-hydrogen) atoms. The highest BCUT2D eigenvalue weighted by molar-refractivity contribution is 8.00. The maximum absolute atomic E-state index is 4.27. The van der Waals surface area contributed by atoms with Crippen LogP contribution in [0.25, 0.3) is 0 Å². The second kappa shape index (κ2) is 2.48. The molecule has 0 amide bonds. The summed E-state index contributed by atoms with van der Waals surface area (Å²) in [4.78, 5) is 0. The summed E-state index contributed by atoms with van der Waals surface area (Å²) in [7, 11) is 0. The SMILES string of the molecule is C1CSC(C2C[N]2)CN1. The van der Waals surface area contributed by atoms with Crippen LogP contribution in [-0.2, 0) is 0 Å². The number of hydrogen-bond acceptors (Lipinski definition) is 2. The third kappa shape index (κ3) is 1.39. The van der Waals surface area contributed by atoms with Crippen LogP contribution < -0.4 is 10.6 Å². The Bertz CT molecular complexity index is 97.2. The van der Waals surface area contributed by atoms with Gasteiger partial charge < -0.3 is 5.32 Å². The maximum Gasteiger partial charge on any atom is 0.0519 e. The fourth-order valence-corrected chi connectivity index (χ4v) is 2.32. The van der Waals surface area contributed by atoms with E-state index in [1.807, 2.05) is 0 Å². The summed E-state index contributed by atoms with van der Waals surface area (Å²) in [5.41, 5.74) is 0. The van der Waals surface area contributed by atoms with E-state index >= 15 is 0 Å². The summed E-state index contributed by atoms with van der Waals surface area (Å²) in [6.45, 7) is 3.49. The van der Waals surface area contributed by atoms with Gasteiger partial charge in [0.25, 0.3) is 0 Å². The minimum absolute atomic E-state index is 0.711. The molecule has 0 aromatic heterocycles. The van der Waals surface area contributed by atoms with Crippen molar-refractivity contribution in [3.8, 4) is 0 Å². The summed E-state index contributed by atoms with van der Waals surface area (Å²) in [6.07, 6.45) is 0. The van der Waals surface area contributed by atoms with Crippen molar-refractivity contribution in [3.05, 3.63) is 0 Å². The van der Waals surface area contributed by atoms with Crippen molar-refractivity contribution in [2.45, 2.75) is 11.3 Å². The van der Waals surface area contributed by atoms with E-state index < -0.39 is 0 Å². The Morgan fingerprint density at radius 1 is 1.56 bits per heavy atom. The van der Waals surface area contributed by atoms with E-state index in [4.69, 9.17) is 0 Å². The van der Waals surface area contributed by atoms with Crippen molar-refractivity contribution in [1.82, 2.24) is 10.6 Å². The van der Waals surface area contributed by atoms with E-state index in [1.165, 1.54) is 18.8 Å². The van der Waals surface area contributed by atoms with Crippen LogP contribution in [0.2, 0.25) is 0 Å². The molecular formula is C6H11N2S. The van der Waals surface area contributed by atoms with E-state index in [2.05, 4.69) is 22.4 Å². The molecule has 2 unspecified atom stereocenters. The fraction of sp³-hybridized carbons (Fsp3) is 1.00. The van der Waals surface area contributed by atoms with Crippen molar-refractivity contribution >= 4 is 11.8 Å². The lowest BCUT2D eigenvalue weighted by Crippen LogP contribution is -2.36. The van der Waals surface area contributed by atoms with Gasteiger partial charge in [-0.15, -0.1) is 0 Å². The lowest BCUT2D eigenvalue weighted by Gasteiger charge is -2.20. The third-order valence-corrected chi connectivity index (χ3v) is 3.13. The fourth-order valence-electron chi connectivity index (χ4n) is 1.13. The first-order valence-corrected chi connectivity index (χ1v) is 4.50. The predicted molar refractivity (Wildman–Crippen MR) is 39.9 cm³/mol. The number of hydrogen-bond donors (Lipinski definition) is 1. The lowest BCUT2D eigenvalue weighted by atomic mass is 10.3. The highest BCUT2D eigenvalue weighted by Crippen LogP contribution is 2.22. The summed E-state index contributed by atoms with van der Waals surface area (Å²) < 4.78 is 0. The Balaban J connectivity index is 1.80. The minimum atomic E-state index is 0.711. The van der Waals surface area contributed by atoms with Gasteiger partial charge in [-0.3, -0.25) is 0 Å². The summed E-state index contributed by atoms with van der Waals surface area (Å²) in [6, 6.07) is 0.711. The summed E-state index contributed by atoms with van der Waals surface area (Å²) in [5.74, 6) is 1.27. The molecule has 0 aromatic carbocycles. The van der Waals surface area contributed by atoms with Crippen LogP contribution in [-0.4, -0.2) is 36.7 Å². The molecule has 2 fully saturated rings. The van der Waals surface area contributed by atoms with E-state index in [0.717, 1.165) is 11.8 Å². The van der Waals surface area contributed by atoms with Crippen molar-refractivity contribution in [2.75, 3.05) is 25.4 Å². The summed E-state index contributed by atoms with van der Waals surface area (Å²) >= 11 is 2.08. The van der Waals surface area contributed by atoms with Gasteiger partial charge in [-0.2, -0.15) is 11.8 Å². The zero-order valence-electron chi connectivity index (χ0n) is 5.34. The number of rotatable bonds is 1. The van der Waals surface area contributed by atoms with Gasteiger partial charge in [-0.05, 0) is 0 Å². The van der Waals surface area contributed by atoms with Crippen LogP contribution in [0.15, 0.2) is 0 Å². The molecule has 2 rings (SSSR count). The van der Waals surface area contributed by atoms with Gasteiger partial charge in [0.15, 0.2) is 0 Å². The Labute approximate surface area is 59.8 Å². The second-order valence-corrected chi connectivity index (χ2v) is 3.89. The van der Waals surface area contributed by atoms with Crippen molar-refractivity contribution in [3.63, 3.8) is 0 Å². The van der Waals surface area contributed by atoms with E-state index in [9.17, 15) is 0 Å². The molecule has 2 aliphatic heterocycles. The van der Waals surface area contributed by atoms with Gasteiger partial charge in [0, 0.05) is 30.6 Å². The number of thioether (sulfide) groups is 1. The van der Waals surface area contributed by atoms with Crippen molar-refractivity contribution in [2.24, 2.45) is 0 Å². The number of nitrogens with zero attached hydrogens (tertiary/aromatic N) is 1. The zero-order valence-corrected chi connectivity index (χ0v) is 6.16. The zero-order chi connectivity index (χ0) is 6.10. The summed E-state index contributed by atoms with van der Waals surface area (Å²) in [5, 5.41) is 8.44. The van der Waals surface area contributed by atoms with Gasteiger partial charge >= 0.3 is 0 Å². The first kappa shape index (κ1) is 6.01. The highest BCUT2D eigenvalue weighted by atomic mass is 32.2. The molecule has 1 N–H and O–H groups in total. The van der Waals surface area contributed by atoms with Crippen LogP contribution in [0, 0.1) is 0 Å². The Kier molecular flexibility index (Phi) is 1.66. The normalized spacial score (nSPS) is 42.7. The molecule has 0 aliphatic carbocycles. The molecule has 2 aliphatic rings. The Hall–Kier alpha value is 0.270. The van der Waals surface area contributed by atoms with Crippen LogP contribution in [0.1, 0.15) is 0 Å². The second-order valence-electron chi connectivity index (χ2n) is 2.55. The molecule has 2 saturated heterocycles. The third-order valence-electron chi connectivity index (χ3n) is 1.78. The Morgan fingerprint density at radius 3 is 3.00 bits per heavy atom. The average molecular weight is 143 g/mol. The van der Waals surface area contributed by atoms with E-state index in [0.29, 0.717) is 6.04 Å². The van der Waals surface area contributed by atoms with Crippen molar-refractivity contribution < 1.29 is 0 Å². The monoisotopic (exact) mass is 143 g/mol. The standard InChI is InChI=1S/C6H11N2S/c1-2-9-6(4-7-1)5-3-8-5/h5-7H,1-4H2. The molecule has 0 bridgehead atoms. The van der Waals surface area contributed by atoms with E-state index in [1.54, 1.807) is 0 Å². The topological polar surface area (TPSA) is 26.1 Å². The Morgan fingerprint density at radius 2 is 2.44 bits per heavy atom. The van der Waals surface area contributed by atoms with Crippen LogP contribution >= 0.6 is 11.8 Å². The van der Waals surface area contributed by atoms with Gasteiger partial charge in [-0.25, -0.2) is 5.32 Å². The highest BCUT2D eigenvalue weighted by Gasteiger charge is 2.33. The quantitative estimate of drug-likeness (QED) is 0.509. The first-order chi connectivity index (χ1) is 4.47. The maximum atomic E-state index is 4.27. The van der Waals surface area contributed by atoms with Crippen molar-refractivity contribution in [1.29, 1.82) is 0 Å². The largest absolute Gasteiger partial charge is 0.315 e. The molecule has 51 valence electrons. The van der Waals surface area contributed by atoms with Crippen LogP contribution in [0.4, 0.5) is 0 Å². The van der Waals surface area contributed by atoms with Gasteiger partial charge in [0.05, 0.1) is 6.04 Å². The minimum Gasteiger partial charge on any atom is -0.315 e. The van der Waals surface area contributed by atoms with E-state index in [-0.39, 0.29) is 0 Å². The molecular weight excluding hydrogens is 132 g/mol. The number of nitrogens with one attached hydrogen (secondary N) is 1. The molecule has 2 heterocycles. The lowest BCUT2D eigenvalue weighted by molar-refractivity contribution is 0.660. The van der Waals surface area contributed by atoms with Gasteiger partial charge in [-0.1, -0.05) is 0 Å². The van der Waals surface area contributed by atoms with Crippen LogP contribution in [0.3, 0.4) is 0 Å². The predicted octanol–water partition coefficient (Wildman–Crippen LogP) is -0.322. The molecule has 0 saturated carbocycles. The van der Waals surface area contributed by atoms with Crippen LogP contribution in [0.5, 0.6) is 0 Å². The molecule has 3 heteroatoms. The first-order valence-electron chi connectivity index (χ1n) is 3.46. The van der Waals surface area contributed by atoms with Gasteiger partial charge in [0.1, 0.15) is 0 Å². The molecule has 0 aromatic rings. The molecule has 2 atom stereocenters. The smallest absolute Gasteiger partial charge is 0.0519 e. The molecule has 2 nitrogen and oxygen atoms in total. The van der Waals surface area contributed by atoms with Gasteiger partial charge in [0.2, 0.25) is 0 Å². The average Bonchev–Trinajstić information content (AvgIpc) is 2.71. The molecule has 0 spiro atoms.